The average molecular weight is 465 g/mol. The average Bonchev–Trinajstić information content (AvgIpc) is 3.29. The summed E-state index contributed by atoms with van der Waals surface area (Å²) in [7, 11) is 0. The van der Waals surface area contributed by atoms with E-state index < -0.39 is 18.3 Å². The van der Waals surface area contributed by atoms with E-state index in [0.717, 1.165) is 15.8 Å². The molecule has 3 aromatic rings. The number of hydrogen-bond donors (Lipinski definition) is 2. The standard InChI is InChI=1S/C22H27F3N6S/c1-12(2)11-30-20(27-28-21(30)32)17-10-19-26-16(9-18(22(23,24)25)31(19)29-17)15-7-5-14(6-8-15)13(3)4/h5-8,10,12-13,16,18,26H,9,11H2,1-4H3,(H,28,32)/t16-,18+/m1/s1. The Bertz CT molecular complexity index is 1140. The Morgan fingerprint density at radius 2 is 1.84 bits per heavy atom. The molecule has 0 saturated carbocycles. The van der Waals surface area contributed by atoms with Gasteiger partial charge in [0.15, 0.2) is 16.6 Å². The van der Waals surface area contributed by atoms with Crippen molar-refractivity contribution in [2.75, 3.05) is 5.32 Å². The zero-order valence-corrected chi connectivity index (χ0v) is 19.3. The van der Waals surface area contributed by atoms with Crippen LogP contribution in [0.15, 0.2) is 30.3 Å². The van der Waals surface area contributed by atoms with Gasteiger partial charge in [-0.1, -0.05) is 52.0 Å². The molecular weight excluding hydrogens is 437 g/mol. The molecule has 2 aromatic heterocycles. The lowest BCUT2D eigenvalue weighted by atomic mass is 9.94. The first-order valence-corrected chi connectivity index (χ1v) is 11.1. The molecule has 0 aliphatic carbocycles. The molecule has 2 atom stereocenters. The number of halogens is 3. The molecular formula is C22H27F3N6S. The van der Waals surface area contributed by atoms with Gasteiger partial charge in [-0.05, 0) is 35.2 Å². The Balaban J connectivity index is 1.73. The first-order chi connectivity index (χ1) is 15.0. The van der Waals surface area contributed by atoms with Crippen molar-refractivity contribution in [3.63, 3.8) is 0 Å². The number of aromatic nitrogens is 5. The molecule has 3 heterocycles. The van der Waals surface area contributed by atoms with Crippen molar-refractivity contribution in [2.24, 2.45) is 5.92 Å². The van der Waals surface area contributed by atoms with Crippen LogP contribution in [0.3, 0.4) is 0 Å². The fourth-order valence-corrected chi connectivity index (χ4v) is 4.27. The Morgan fingerprint density at radius 1 is 1.16 bits per heavy atom. The number of rotatable bonds is 5. The highest BCUT2D eigenvalue weighted by Gasteiger charge is 2.46. The highest BCUT2D eigenvalue weighted by atomic mass is 32.1. The van der Waals surface area contributed by atoms with Crippen LogP contribution in [0.2, 0.25) is 0 Å². The molecule has 4 rings (SSSR count). The van der Waals surface area contributed by atoms with Gasteiger partial charge in [0, 0.05) is 19.0 Å². The number of benzene rings is 1. The number of H-pyrrole nitrogens is 1. The molecule has 1 aromatic carbocycles. The van der Waals surface area contributed by atoms with Crippen LogP contribution < -0.4 is 5.32 Å². The van der Waals surface area contributed by atoms with Crippen molar-refractivity contribution in [2.45, 2.75) is 64.8 Å². The molecule has 172 valence electrons. The largest absolute Gasteiger partial charge is 0.410 e. The smallest absolute Gasteiger partial charge is 0.363 e. The Labute approximate surface area is 189 Å². The molecule has 0 bridgehead atoms. The predicted octanol–water partition coefficient (Wildman–Crippen LogP) is 6.24. The van der Waals surface area contributed by atoms with E-state index in [2.05, 4.69) is 34.5 Å². The summed E-state index contributed by atoms with van der Waals surface area (Å²) in [4.78, 5) is 0. The molecule has 0 radical (unpaired) electrons. The van der Waals surface area contributed by atoms with Crippen molar-refractivity contribution >= 4 is 18.0 Å². The van der Waals surface area contributed by atoms with Gasteiger partial charge in [-0.15, -0.1) is 0 Å². The van der Waals surface area contributed by atoms with E-state index in [9.17, 15) is 13.2 Å². The van der Waals surface area contributed by atoms with E-state index in [-0.39, 0.29) is 12.3 Å². The molecule has 10 heteroatoms. The van der Waals surface area contributed by atoms with E-state index in [1.54, 1.807) is 10.6 Å². The number of fused-ring (bicyclic) bond motifs is 1. The number of alkyl halides is 3. The molecule has 0 amide bonds. The van der Waals surface area contributed by atoms with Crippen LogP contribution in [-0.4, -0.2) is 30.7 Å². The summed E-state index contributed by atoms with van der Waals surface area (Å²) in [5.74, 6) is 1.40. The van der Waals surface area contributed by atoms with Crippen LogP contribution in [0, 0.1) is 10.7 Å². The minimum atomic E-state index is -4.43. The van der Waals surface area contributed by atoms with Crippen molar-refractivity contribution in [1.29, 1.82) is 0 Å². The number of aromatic amines is 1. The first kappa shape index (κ1) is 22.6. The topological polar surface area (TPSA) is 63.5 Å². The summed E-state index contributed by atoms with van der Waals surface area (Å²) in [6.45, 7) is 8.83. The summed E-state index contributed by atoms with van der Waals surface area (Å²) in [6.07, 6.45) is -4.57. The summed E-state index contributed by atoms with van der Waals surface area (Å²) >= 11 is 5.31. The van der Waals surface area contributed by atoms with Crippen molar-refractivity contribution in [3.8, 4) is 11.5 Å². The minimum absolute atomic E-state index is 0.141. The van der Waals surface area contributed by atoms with Gasteiger partial charge in [-0.25, -0.2) is 4.68 Å². The van der Waals surface area contributed by atoms with Gasteiger partial charge < -0.3 is 5.32 Å². The first-order valence-electron chi connectivity index (χ1n) is 10.7. The molecule has 0 unspecified atom stereocenters. The fraction of sp³-hybridized carbons (Fsp3) is 0.500. The third-order valence-corrected chi connectivity index (χ3v) is 6.04. The lowest BCUT2D eigenvalue weighted by Crippen LogP contribution is -2.35. The molecule has 0 spiro atoms. The van der Waals surface area contributed by atoms with Gasteiger partial charge in [-0.2, -0.15) is 23.4 Å². The SMILES string of the molecule is CC(C)Cn1c(-c2cc3n(n2)[C@H](C(F)(F)F)C[C@H](c2ccc(C(C)C)cc2)N3)n[nH]c1=S. The molecule has 1 aliphatic rings. The molecule has 1 aliphatic heterocycles. The minimum Gasteiger partial charge on any atom is -0.363 e. The van der Waals surface area contributed by atoms with Gasteiger partial charge in [0.1, 0.15) is 11.5 Å². The number of nitrogens with one attached hydrogen (secondary N) is 2. The van der Waals surface area contributed by atoms with E-state index in [0.29, 0.717) is 34.6 Å². The summed E-state index contributed by atoms with van der Waals surface area (Å²) in [6, 6.07) is 7.17. The Morgan fingerprint density at radius 3 is 2.44 bits per heavy atom. The quantitative estimate of drug-likeness (QED) is 0.439. The van der Waals surface area contributed by atoms with E-state index >= 15 is 0 Å². The number of nitrogens with zero attached hydrogens (tertiary/aromatic N) is 4. The molecule has 0 saturated heterocycles. The Hall–Kier alpha value is -2.62. The molecule has 2 N–H and O–H groups in total. The second-order valence-electron chi connectivity index (χ2n) is 9.03. The summed E-state index contributed by atoms with van der Waals surface area (Å²) < 4.78 is 45.3. The van der Waals surface area contributed by atoms with Crippen LogP contribution in [-0.2, 0) is 6.54 Å². The van der Waals surface area contributed by atoms with Gasteiger partial charge >= 0.3 is 6.18 Å². The lowest BCUT2D eigenvalue weighted by molar-refractivity contribution is -0.173. The lowest BCUT2D eigenvalue weighted by Gasteiger charge is -2.33. The molecule has 6 nitrogen and oxygen atoms in total. The maximum Gasteiger partial charge on any atom is 0.410 e. The monoisotopic (exact) mass is 464 g/mol. The second kappa shape index (κ2) is 8.38. The highest BCUT2D eigenvalue weighted by molar-refractivity contribution is 7.71. The Kier molecular flexibility index (Phi) is 5.91. The summed E-state index contributed by atoms with van der Waals surface area (Å²) in [5, 5.41) is 14.5. The fourth-order valence-electron chi connectivity index (χ4n) is 4.06. The van der Waals surface area contributed by atoms with Crippen molar-refractivity contribution in [1.82, 2.24) is 24.5 Å². The normalized spacial score (nSPS) is 18.8. The van der Waals surface area contributed by atoms with Crippen LogP contribution >= 0.6 is 12.2 Å². The maximum absolute atomic E-state index is 14.0. The van der Waals surface area contributed by atoms with Gasteiger partial charge in [0.05, 0.1) is 6.04 Å². The molecule has 32 heavy (non-hydrogen) atoms. The second-order valence-corrected chi connectivity index (χ2v) is 9.41. The zero-order chi connectivity index (χ0) is 23.2. The van der Waals surface area contributed by atoms with Crippen LogP contribution in [0.25, 0.3) is 11.5 Å². The van der Waals surface area contributed by atoms with Crippen molar-refractivity contribution < 1.29 is 13.2 Å². The van der Waals surface area contributed by atoms with E-state index in [4.69, 9.17) is 12.2 Å². The van der Waals surface area contributed by atoms with Gasteiger partial charge in [-0.3, -0.25) is 9.67 Å². The highest BCUT2D eigenvalue weighted by Crippen LogP contribution is 2.44. The number of hydrogen-bond acceptors (Lipinski definition) is 4. The maximum atomic E-state index is 14.0. The van der Waals surface area contributed by atoms with E-state index in [1.807, 2.05) is 38.1 Å². The van der Waals surface area contributed by atoms with Gasteiger partial charge in [0.25, 0.3) is 0 Å². The third kappa shape index (κ3) is 4.32. The van der Waals surface area contributed by atoms with Crippen LogP contribution in [0.4, 0.5) is 19.0 Å². The van der Waals surface area contributed by atoms with Crippen LogP contribution in [0.5, 0.6) is 0 Å². The summed E-state index contributed by atoms with van der Waals surface area (Å²) in [5.41, 5.74) is 2.32. The van der Waals surface area contributed by atoms with Crippen LogP contribution in [0.1, 0.15) is 63.2 Å². The van der Waals surface area contributed by atoms with Crippen molar-refractivity contribution in [3.05, 3.63) is 46.2 Å². The van der Waals surface area contributed by atoms with Gasteiger partial charge in [0.2, 0.25) is 0 Å². The number of anilines is 1. The molecule has 0 fully saturated rings. The predicted molar refractivity (Wildman–Crippen MR) is 120 cm³/mol. The zero-order valence-electron chi connectivity index (χ0n) is 18.4. The van der Waals surface area contributed by atoms with E-state index in [1.165, 1.54) is 0 Å². The third-order valence-electron chi connectivity index (χ3n) is 5.73.